The Kier molecular flexibility index (Phi) is 12.4. The summed E-state index contributed by atoms with van der Waals surface area (Å²) in [6.45, 7) is 7.45. The molecule has 0 aliphatic carbocycles. The molecule has 12 heteroatoms. The minimum atomic E-state index is -4.48. The standard InChI is InChI=1S/C33H42F3N3O6/c1-5-44-29(41)17-19-38-22-28(40)39(21-24-11-14-25(15-12-24)33(34,35)36)27-16-13-23(20-26(27)30(38)42)10-8-6-7-9-18-37-31(43)45-32(2,3)4/h11-16,20H,5-10,17-19,21-22H2,1-4H3,(H,37,43). The van der Waals surface area contributed by atoms with Gasteiger partial charge in [0, 0.05) is 13.1 Å². The van der Waals surface area contributed by atoms with Crippen molar-refractivity contribution in [1.29, 1.82) is 0 Å². The van der Waals surface area contributed by atoms with Gasteiger partial charge in [0.2, 0.25) is 5.91 Å². The molecular weight excluding hydrogens is 591 g/mol. The molecule has 0 bridgehead atoms. The van der Waals surface area contributed by atoms with E-state index in [0.717, 1.165) is 43.4 Å². The highest BCUT2D eigenvalue weighted by Gasteiger charge is 2.33. The predicted octanol–water partition coefficient (Wildman–Crippen LogP) is 6.28. The molecule has 0 spiro atoms. The lowest BCUT2D eigenvalue weighted by Gasteiger charge is -2.23. The van der Waals surface area contributed by atoms with Crippen LogP contribution in [-0.4, -0.2) is 60.6 Å². The summed E-state index contributed by atoms with van der Waals surface area (Å²) in [5.74, 6) is -1.31. The van der Waals surface area contributed by atoms with Crippen LogP contribution in [0.2, 0.25) is 0 Å². The molecule has 0 saturated heterocycles. The Morgan fingerprint density at radius 3 is 2.24 bits per heavy atom. The fraction of sp³-hybridized carbons (Fsp3) is 0.515. The van der Waals surface area contributed by atoms with Crippen LogP contribution in [0.3, 0.4) is 0 Å². The van der Waals surface area contributed by atoms with Crippen molar-refractivity contribution in [1.82, 2.24) is 10.2 Å². The van der Waals surface area contributed by atoms with E-state index in [-0.39, 0.29) is 38.2 Å². The summed E-state index contributed by atoms with van der Waals surface area (Å²) in [5.41, 5.74) is 0.668. The summed E-state index contributed by atoms with van der Waals surface area (Å²) in [4.78, 5) is 53.6. The normalized spacial score (nSPS) is 13.8. The van der Waals surface area contributed by atoms with Crippen LogP contribution in [0.25, 0.3) is 0 Å². The molecule has 246 valence electrons. The first-order valence-corrected chi connectivity index (χ1v) is 15.2. The second-order valence-corrected chi connectivity index (χ2v) is 11.9. The summed E-state index contributed by atoms with van der Waals surface area (Å²) in [7, 11) is 0. The molecule has 2 aromatic rings. The highest BCUT2D eigenvalue weighted by molar-refractivity contribution is 6.09. The maximum Gasteiger partial charge on any atom is 0.416 e. The number of hydrogen-bond acceptors (Lipinski definition) is 6. The number of nitrogens with one attached hydrogen (secondary N) is 1. The second-order valence-electron chi connectivity index (χ2n) is 11.9. The molecule has 3 rings (SSSR count). The number of hydrogen-bond donors (Lipinski definition) is 1. The minimum absolute atomic E-state index is 0.0154. The molecule has 0 radical (unpaired) electrons. The van der Waals surface area contributed by atoms with Gasteiger partial charge < -0.3 is 24.6 Å². The van der Waals surface area contributed by atoms with Crippen LogP contribution in [0.5, 0.6) is 0 Å². The zero-order valence-electron chi connectivity index (χ0n) is 26.3. The van der Waals surface area contributed by atoms with Crippen molar-refractivity contribution in [3.8, 4) is 0 Å². The second kappa shape index (κ2) is 15.8. The molecule has 9 nitrogen and oxygen atoms in total. The zero-order valence-corrected chi connectivity index (χ0v) is 26.3. The van der Waals surface area contributed by atoms with Crippen molar-refractivity contribution in [3.63, 3.8) is 0 Å². The zero-order chi connectivity index (χ0) is 33.2. The van der Waals surface area contributed by atoms with Gasteiger partial charge in [-0.2, -0.15) is 13.2 Å². The van der Waals surface area contributed by atoms with E-state index in [1.165, 1.54) is 21.9 Å². The fourth-order valence-electron chi connectivity index (χ4n) is 4.88. The van der Waals surface area contributed by atoms with Crippen molar-refractivity contribution < 1.29 is 41.8 Å². The number of aryl methyl sites for hydroxylation is 1. The Morgan fingerprint density at radius 1 is 0.933 bits per heavy atom. The molecule has 1 aliphatic rings. The molecule has 0 saturated carbocycles. The number of carbonyl (C=O) groups excluding carboxylic acids is 4. The summed E-state index contributed by atoms with van der Waals surface area (Å²) < 4.78 is 49.4. The van der Waals surface area contributed by atoms with E-state index < -0.39 is 41.2 Å². The molecule has 0 unspecified atom stereocenters. The van der Waals surface area contributed by atoms with Gasteiger partial charge in [0.25, 0.3) is 5.91 Å². The molecule has 3 amide bonds. The molecule has 1 heterocycles. The van der Waals surface area contributed by atoms with Crippen molar-refractivity contribution in [2.75, 3.05) is 31.1 Å². The number of unbranched alkanes of at least 4 members (excludes halogenated alkanes) is 3. The SMILES string of the molecule is CCOC(=O)CCN1CC(=O)N(Cc2ccc(C(F)(F)F)cc2)c2ccc(CCCCCCNC(=O)OC(C)(C)C)cc2C1=O. The quantitative estimate of drug-likeness (QED) is 0.206. The summed E-state index contributed by atoms with van der Waals surface area (Å²) in [5, 5.41) is 2.74. The van der Waals surface area contributed by atoms with Crippen LogP contribution in [0.1, 0.15) is 86.8 Å². The predicted molar refractivity (Wildman–Crippen MR) is 163 cm³/mol. The third-order valence-corrected chi connectivity index (χ3v) is 7.07. The van der Waals surface area contributed by atoms with Gasteiger partial charge >= 0.3 is 18.2 Å². The topological polar surface area (TPSA) is 105 Å². The number of anilines is 1. The highest BCUT2D eigenvalue weighted by atomic mass is 19.4. The number of nitrogens with zero attached hydrogens (tertiary/aromatic N) is 2. The van der Waals surface area contributed by atoms with Gasteiger partial charge in [0.1, 0.15) is 12.1 Å². The lowest BCUT2D eigenvalue weighted by atomic mass is 10.0. The van der Waals surface area contributed by atoms with Gasteiger partial charge in [0.05, 0.1) is 36.4 Å². The molecule has 2 aromatic carbocycles. The fourth-order valence-corrected chi connectivity index (χ4v) is 4.88. The average Bonchev–Trinajstić information content (AvgIpc) is 3.04. The van der Waals surface area contributed by atoms with E-state index in [2.05, 4.69) is 5.32 Å². The largest absolute Gasteiger partial charge is 0.466 e. The van der Waals surface area contributed by atoms with Crippen molar-refractivity contribution in [2.45, 2.75) is 84.5 Å². The Hall–Kier alpha value is -4.09. The number of alkyl halides is 3. The van der Waals surface area contributed by atoms with Gasteiger partial charge in [-0.3, -0.25) is 14.4 Å². The van der Waals surface area contributed by atoms with Crippen molar-refractivity contribution in [3.05, 3.63) is 64.7 Å². The number of carbonyl (C=O) groups is 4. The van der Waals surface area contributed by atoms with Crippen LogP contribution < -0.4 is 10.2 Å². The minimum Gasteiger partial charge on any atom is -0.466 e. The van der Waals surface area contributed by atoms with Crippen LogP contribution >= 0.6 is 0 Å². The number of halogens is 3. The van der Waals surface area contributed by atoms with E-state index in [0.29, 0.717) is 24.2 Å². The molecule has 0 atom stereocenters. The van der Waals surface area contributed by atoms with Crippen LogP contribution in [-0.2, 0) is 38.2 Å². The molecule has 1 aliphatic heterocycles. The molecule has 45 heavy (non-hydrogen) atoms. The Balaban J connectivity index is 1.71. The van der Waals surface area contributed by atoms with E-state index in [1.807, 2.05) is 6.07 Å². The Labute approximate surface area is 262 Å². The van der Waals surface area contributed by atoms with Gasteiger partial charge in [-0.1, -0.05) is 31.0 Å². The number of benzene rings is 2. The van der Waals surface area contributed by atoms with Crippen molar-refractivity contribution in [2.24, 2.45) is 0 Å². The van der Waals surface area contributed by atoms with Gasteiger partial charge in [-0.15, -0.1) is 0 Å². The number of rotatable bonds is 13. The number of fused-ring (bicyclic) bond motifs is 1. The number of ether oxygens (including phenoxy) is 2. The van der Waals surface area contributed by atoms with E-state index >= 15 is 0 Å². The van der Waals surface area contributed by atoms with Gasteiger partial charge in [-0.25, -0.2) is 4.79 Å². The number of esters is 1. The molecule has 0 aromatic heterocycles. The summed E-state index contributed by atoms with van der Waals surface area (Å²) >= 11 is 0. The van der Waals surface area contributed by atoms with Crippen LogP contribution in [0.15, 0.2) is 42.5 Å². The Morgan fingerprint density at radius 2 is 1.60 bits per heavy atom. The average molecular weight is 634 g/mol. The van der Waals surface area contributed by atoms with E-state index in [1.54, 1.807) is 39.8 Å². The van der Waals surface area contributed by atoms with Gasteiger partial charge in [-0.05, 0) is 82.3 Å². The maximum absolute atomic E-state index is 13.7. The number of amides is 3. The van der Waals surface area contributed by atoms with E-state index in [4.69, 9.17) is 9.47 Å². The Bertz CT molecular complexity index is 1340. The van der Waals surface area contributed by atoms with Crippen LogP contribution in [0, 0.1) is 0 Å². The number of alkyl carbamates (subject to hydrolysis) is 1. The van der Waals surface area contributed by atoms with Gasteiger partial charge in [0.15, 0.2) is 0 Å². The molecule has 1 N–H and O–H groups in total. The van der Waals surface area contributed by atoms with Crippen molar-refractivity contribution >= 4 is 29.6 Å². The highest BCUT2D eigenvalue weighted by Crippen LogP contribution is 2.32. The van der Waals surface area contributed by atoms with Crippen LogP contribution in [0.4, 0.5) is 23.7 Å². The summed E-state index contributed by atoms with van der Waals surface area (Å²) in [6.07, 6.45) is -0.929. The maximum atomic E-state index is 13.7. The first kappa shape index (κ1) is 35.4. The first-order chi connectivity index (χ1) is 21.2. The molecule has 0 fully saturated rings. The molecular formula is C33H42F3N3O6. The first-order valence-electron chi connectivity index (χ1n) is 15.2. The monoisotopic (exact) mass is 633 g/mol. The third-order valence-electron chi connectivity index (χ3n) is 7.07. The van der Waals surface area contributed by atoms with E-state index in [9.17, 15) is 32.3 Å². The summed E-state index contributed by atoms with van der Waals surface area (Å²) in [6, 6.07) is 9.86. The smallest absolute Gasteiger partial charge is 0.416 e. The lowest BCUT2D eigenvalue weighted by Crippen LogP contribution is -2.40. The third kappa shape index (κ3) is 11.1. The lowest BCUT2D eigenvalue weighted by molar-refractivity contribution is -0.143.